The number of benzene rings is 2. The molecule has 0 atom stereocenters. The van der Waals surface area contributed by atoms with Crippen LogP contribution in [0.25, 0.3) is 0 Å². The van der Waals surface area contributed by atoms with E-state index in [9.17, 15) is 0 Å². The molecule has 4 rings (SSSR count). The molecule has 0 aliphatic carbocycles. The van der Waals surface area contributed by atoms with Crippen LogP contribution in [0.3, 0.4) is 0 Å². The predicted molar refractivity (Wildman–Crippen MR) is 164 cm³/mol. The zero-order valence-electron chi connectivity index (χ0n) is 24.3. The number of ether oxygens (including phenoxy) is 1. The number of hydrogen-bond acceptors (Lipinski definition) is 2. The highest BCUT2D eigenvalue weighted by atomic mass is 16.5. The fourth-order valence-corrected chi connectivity index (χ4v) is 5.08. The molecule has 202 valence electrons. The molecule has 2 aliphatic rings. The van der Waals surface area contributed by atoms with E-state index in [2.05, 4.69) is 125 Å². The molecule has 2 heterocycles. The van der Waals surface area contributed by atoms with E-state index in [0.29, 0.717) is 0 Å². The third-order valence-electron chi connectivity index (χ3n) is 7.43. The van der Waals surface area contributed by atoms with E-state index in [1.807, 2.05) is 12.1 Å². The maximum atomic E-state index is 6.08. The van der Waals surface area contributed by atoms with Crippen LogP contribution in [0.1, 0.15) is 78.4 Å². The van der Waals surface area contributed by atoms with E-state index >= 15 is 0 Å². The number of allylic oxidation sites excluding steroid dienone is 8. The summed E-state index contributed by atoms with van der Waals surface area (Å²) >= 11 is 0. The molecule has 0 fully saturated rings. The SMILES string of the molecule is CCCCN.CCCC[N+]1=C(/C=C/C=C/C=C/C=C2/Oc3ccccc3C2(C)C)C(C)(C)c2ccccc21. The minimum absolute atomic E-state index is 0.00926. The van der Waals surface area contributed by atoms with Gasteiger partial charge in [0.1, 0.15) is 18.1 Å². The standard InChI is InChI=1S/C31H36NO.C4H11N/c1-6-7-23-32-26-19-15-13-17-24(26)30(2,3)28(32)21-11-9-8-10-12-22-29-31(4,5)25-18-14-16-20-27(25)33-29;1-2-3-4-5/h8-22H,6-7,23H2,1-5H3;2-5H2,1H3/q+1;/b9-8+,12-10+,21-11+,29-22+;. The number of nitrogens with zero attached hydrogens (tertiary/aromatic N) is 1. The highest BCUT2D eigenvalue weighted by Crippen LogP contribution is 2.44. The predicted octanol–water partition coefficient (Wildman–Crippen LogP) is 8.53. The second kappa shape index (κ2) is 13.6. The van der Waals surface area contributed by atoms with Gasteiger partial charge >= 0.3 is 0 Å². The zero-order chi connectivity index (χ0) is 27.6. The van der Waals surface area contributed by atoms with E-state index in [1.54, 1.807) is 0 Å². The molecule has 3 nitrogen and oxygen atoms in total. The second-order valence-corrected chi connectivity index (χ2v) is 11.1. The van der Waals surface area contributed by atoms with Gasteiger partial charge in [-0.25, -0.2) is 0 Å². The molecular formula is C35H47N2O+. The molecule has 0 saturated carbocycles. The third-order valence-corrected chi connectivity index (χ3v) is 7.43. The van der Waals surface area contributed by atoms with Crippen molar-refractivity contribution >= 4 is 11.4 Å². The van der Waals surface area contributed by atoms with Crippen LogP contribution in [-0.4, -0.2) is 23.4 Å². The summed E-state index contributed by atoms with van der Waals surface area (Å²) < 4.78 is 8.58. The molecule has 2 aromatic carbocycles. The first-order valence-electron chi connectivity index (χ1n) is 14.2. The number of unbranched alkanes of at least 4 members (excludes halogenated alkanes) is 2. The van der Waals surface area contributed by atoms with Crippen molar-refractivity contribution in [1.82, 2.24) is 0 Å². The summed E-state index contributed by atoms with van der Waals surface area (Å²) in [6.07, 6.45) is 19.6. The van der Waals surface area contributed by atoms with E-state index in [0.717, 1.165) is 24.6 Å². The van der Waals surface area contributed by atoms with E-state index in [1.165, 1.54) is 48.2 Å². The summed E-state index contributed by atoms with van der Waals surface area (Å²) in [6, 6.07) is 17.1. The minimum Gasteiger partial charge on any atom is -0.460 e. The van der Waals surface area contributed by atoms with Crippen molar-refractivity contribution in [2.75, 3.05) is 13.1 Å². The molecule has 2 aromatic rings. The molecule has 2 N–H and O–H groups in total. The Bertz CT molecular complexity index is 1220. The third kappa shape index (κ3) is 6.63. The van der Waals surface area contributed by atoms with Crippen LogP contribution in [0.5, 0.6) is 5.75 Å². The van der Waals surface area contributed by atoms with Gasteiger partial charge in [-0.3, -0.25) is 0 Å². The Morgan fingerprint density at radius 1 is 0.763 bits per heavy atom. The van der Waals surface area contributed by atoms with E-state index in [4.69, 9.17) is 10.5 Å². The Hall–Kier alpha value is -3.17. The number of fused-ring (bicyclic) bond motifs is 2. The Labute approximate surface area is 231 Å². The first kappa shape index (κ1) is 29.4. The van der Waals surface area contributed by atoms with Crippen molar-refractivity contribution in [2.45, 2.75) is 78.1 Å². The van der Waals surface area contributed by atoms with Crippen molar-refractivity contribution in [1.29, 1.82) is 0 Å². The summed E-state index contributed by atoms with van der Waals surface area (Å²) in [7, 11) is 0. The highest BCUT2D eigenvalue weighted by Gasteiger charge is 2.43. The molecule has 0 bridgehead atoms. The van der Waals surface area contributed by atoms with Gasteiger partial charge in [-0.1, -0.05) is 93.5 Å². The molecular weight excluding hydrogens is 464 g/mol. The van der Waals surface area contributed by atoms with Gasteiger partial charge in [0.2, 0.25) is 5.69 Å². The summed E-state index contributed by atoms with van der Waals surface area (Å²) in [5, 5.41) is 0. The second-order valence-electron chi connectivity index (χ2n) is 11.1. The molecule has 0 saturated heterocycles. The fourth-order valence-electron chi connectivity index (χ4n) is 5.08. The van der Waals surface area contributed by atoms with Crippen molar-refractivity contribution in [3.8, 4) is 5.75 Å². The first-order valence-corrected chi connectivity index (χ1v) is 14.2. The van der Waals surface area contributed by atoms with Crippen LogP contribution >= 0.6 is 0 Å². The smallest absolute Gasteiger partial charge is 0.209 e. The normalized spacial score (nSPS) is 18.2. The summed E-state index contributed by atoms with van der Waals surface area (Å²) in [5.74, 6) is 1.95. The minimum atomic E-state index is -0.105. The van der Waals surface area contributed by atoms with Crippen molar-refractivity contribution < 1.29 is 9.31 Å². The lowest BCUT2D eigenvalue weighted by molar-refractivity contribution is -0.438. The lowest BCUT2D eigenvalue weighted by Crippen LogP contribution is -2.27. The lowest BCUT2D eigenvalue weighted by atomic mass is 9.81. The van der Waals surface area contributed by atoms with Gasteiger partial charge in [-0.15, -0.1) is 0 Å². The molecule has 0 radical (unpaired) electrons. The van der Waals surface area contributed by atoms with Crippen LogP contribution in [0, 0.1) is 0 Å². The van der Waals surface area contributed by atoms with Gasteiger partial charge in [0, 0.05) is 29.7 Å². The van der Waals surface area contributed by atoms with Crippen molar-refractivity contribution in [3.05, 3.63) is 108 Å². The van der Waals surface area contributed by atoms with Gasteiger partial charge in [0.25, 0.3) is 0 Å². The maximum Gasteiger partial charge on any atom is 0.209 e. The summed E-state index contributed by atoms with van der Waals surface area (Å²) in [4.78, 5) is 0. The highest BCUT2D eigenvalue weighted by molar-refractivity contribution is 6.03. The zero-order valence-corrected chi connectivity index (χ0v) is 24.3. The maximum absolute atomic E-state index is 6.08. The van der Waals surface area contributed by atoms with E-state index in [-0.39, 0.29) is 10.8 Å². The topological polar surface area (TPSA) is 38.3 Å². The average Bonchev–Trinajstić information content (AvgIpc) is 3.29. The van der Waals surface area contributed by atoms with Gasteiger partial charge < -0.3 is 10.5 Å². The monoisotopic (exact) mass is 511 g/mol. The number of rotatable bonds is 9. The van der Waals surface area contributed by atoms with Gasteiger partial charge in [-0.05, 0) is 52.8 Å². The quantitative estimate of drug-likeness (QED) is 0.271. The summed E-state index contributed by atoms with van der Waals surface area (Å²) in [6.45, 7) is 15.4. The number of hydrogen-bond donors (Lipinski definition) is 1. The number of nitrogens with two attached hydrogens (primary N) is 1. The molecule has 3 heteroatoms. The fraction of sp³-hybridized carbons (Fsp3) is 0.400. The van der Waals surface area contributed by atoms with Gasteiger partial charge in [0.15, 0.2) is 5.71 Å². The van der Waals surface area contributed by atoms with Gasteiger partial charge in [-0.2, -0.15) is 4.58 Å². The molecule has 0 aromatic heterocycles. The molecule has 0 spiro atoms. The van der Waals surface area contributed by atoms with Crippen LogP contribution < -0.4 is 10.5 Å². The molecule has 2 aliphatic heterocycles. The Morgan fingerprint density at radius 3 is 2.05 bits per heavy atom. The van der Waals surface area contributed by atoms with Crippen LogP contribution in [0.2, 0.25) is 0 Å². The van der Waals surface area contributed by atoms with Gasteiger partial charge in [0.05, 0.1) is 10.8 Å². The first-order chi connectivity index (χ1) is 18.3. The summed E-state index contributed by atoms with van der Waals surface area (Å²) in [5.41, 5.74) is 10.4. The average molecular weight is 512 g/mol. The molecule has 0 amide bonds. The van der Waals surface area contributed by atoms with Crippen LogP contribution in [0.4, 0.5) is 5.69 Å². The molecule has 0 unspecified atom stereocenters. The van der Waals surface area contributed by atoms with Crippen LogP contribution in [0.15, 0.2) is 96.8 Å². The van der Waals surface area contributed by atoms with E-state index < -0.39 is 0 Å². The Balaban J connectivity index is 0.000000732. The Morgan fingerprint density at radius 2 is 1.39 bits per heavy atom. The van der Waals surface area contributed by atoms with Crippen molar-refractivity contribution in [2.24, 2.45) is 5.73 Å². The largest absolute Gasteiger partial charge is 0.460 e. The lowest BCUT2D eigenvalue weighted by Gasteiger charge is -2.17. The van der Waals surface area contributed by atoms with Crippen LogP contribution in [-0.2, 0) is 10.8 Å². The van der Waals surface area contributed by atoms with Crippen molar-refractivity contribution in [3.63, 3.8) is 0 Å². The Kier molecular flexibility index (Phi) is 10.5. The number of para-hydroxylation sites is 2. The molecule has 38 heavy (non-hydrogen) atoms.